The summed E-state index contributed by atoms with van der Waals surface area (Å²) in [6.45, 7) is 12.6. The van der Waals surface area contributed by atoms with E-state index in [-0.39, 0.29) is 17.5 Å². The maximum Gasteiger partial charge on any atom is 0.237 e. The number of hydrogen-bond acceptors (Lipinski definition) is 2. The summed E-state index contributed by atoms with van der Waals surface area (Å²) in [6, 6.07) is 0.286. The molecule has 0 spiro atoms. The van der Waals surface area contributed by atoms with Crippen molar-refractivity contribution in [3.63, 3.8) is 0 Å². The maximum absolute atomic E-state index is 12.1. The highest BCUT2D eigenvalue weighted by Gasteiger charge is 2.22. The lowest BCUT2D eigenvalue weighted by Crippen LogP contribution is -2.52. The predicted octanol–water partition coefficient (Wildman–Crippen LogP) is 3.63. The molecule has 0 heterocycles. The van der Waals surface area contributed by atoms with Crippen LogP contribution in [0.3, 0.4) is 0 Å². The molecule has 0 bridgehead atoms. The van der Waals surface area contributed by atoms with E-state index < -0.39 is 0 Å². The fraction of sp³-hybridized carbons (Fsp3) is 0.938. The second-order valence-electron chi connectivity index (χ2n) is 6.37. The number of unbranched alkanes of at least 4 members (excludes halogenated alkanes) is 3. The van der Waals surface area contributed by atoms with Gasteiger partial charge >= 0.3 is 0 Å². The fourth-order valence-electron chi connectivity index (χ4n) is 1.99. The van der Waals surface area contributed by atoms with Crippen LogP contribution in [0.5, 0.6) is 0 Å². The minimum atomic E-state index is -0.119. The van der Waals surface area contributed by atoms with Gasteiger partial charge in [-0.15, -0.1) is 0 Å². The van der Waals surface area contributed by atoms with E-state index in [0.717, 1.165) is 12.8 Å². The largest absolute Gasteiger partial charge is 0.350 e. The van der Waals surface area contributed by atoms with Gasteiger partial charge in [0.15, 0.2) is 0 Å². The molecule has 0 fully saturated rings. The van der Waals surface area contributed by atoms with Crippen LogP contribution in [0.15, 0.2) is 0 Å². The third-order valence-corrected chi connectivity index (χ3v) is 3.76. The first kappa shape index (κ1) is 18.4. The van der Waals surface area contributed by atoms with E-state index in [2.05, 4.69) is 45.3 Å². The Labute approximate surface area is 119 Å². The first-order chi connectivity index (χ1) is 8.82. The summed E-state index contributed by atoms with van der Waals surface area (Å²) >= 11 is 0. The van der Waals surface area contributed by atoms with E-state index in [1.807, 2.05) is 6.92 Å². The molecule has 1 amide bonds. The monoisotopic (exact) mass is 270 g/mol. The molecule has 0 rings (SSSR count). The molecule has 0 aromatic heterocycles. The molecule has 2 unspecified atom stereocenters. The Morgan fingerprint density at radius 1 is 1.11 bits per heavy atom. The van der Waals surface area contributed by atoms with Gasteiger partial charge in [-0.25, -0.2) is 0 Å². The van der Waals surface area contributed by atoms with Crippen LogP contribution < -0.4 is 10.6 Å². The molecule has 0 aromatic carbocycles. The van der Waals surface area contributed by atoms with Crippen molar-refractivity contribution in [2.24, 2.45) is 0 Å². The Balaban J connectivity index is 3.94. The molecule has 0 saturated heterocycles. The fourth-order valence-corrected chi connectivity index (χ4v) is 1.99. The standard InChI is InChI=1S/C16H34N2O/c1-7-9-10-11-12-13(3)17-14(4)15(19)18-16(5,6)8-2/h13-14,17H,7-12H2,1-6H3,(H,18,19). The Kier molecular flexibility index (Phi) is 9.07. The Bertz CT molecular complexity index is 251. The zero-order valence-electron chi connectivity index (χ0n) is 13.8. The van der Waals surface area contributed by atoms with Gasteiger partial charge in [0.05, 0.1) is 6.04 Å². The Hall–Kier alpha value is -0.570. The van der Waals surface area contributed by atoms with Crippen molar-refractivity contribution in [1.82, 2.24) is 10.6 Å². The molecule has 0 aliphatic carbocycles. The van der Waals surface area contributed by atoms with Gasteiger partial charge in [-0.2, -0.15) is 0 Å². The summed E-state index contributed by atoms with van der Waals surface area (Å²) in [5.74, 6) is 0.104. The van der Waals surface area contributed by atoms with Gasteiger partial charge in [-0.05, 0) is 40.5 Å². The molecule has 0 aromatic rings. The quantitative estimate of drug-likeness (QED) is 0.595. The Morgan fingerprint density at radius 2 is 1.74 bits per heavy atom. The van der Waals surface area contributed by atoms with E-state index in [4.69, 9.17) is 0 Å². The SMILES string of the molecule is CCCCCCC(C)NC(C)C(=O)NC(C)(C)CC. The molecule has 2 N–H and O–H groups in total. The lowest BCUT2D eigenvalue weighted by Gasteiger charge is -2.28. The minimum absolute atomic E-state index is 0.104. The van der Waals surface area contributed by atoms with Gasteiger partial charge in [-0.3, -0.25) is 4.79 Å². The number of amides is 1. The second kappa shape index (κ2) is 9.35. The third kappa shape index (κ3) is 9.04. The number of hydrogen-bond donors (Lipinski definition) is 2. The van der Waals surface area contributed by atoms with Crippen LogP contribution in [-0.2, 0) is 4.79 Å². The van der Waals surface area contributed by atoms with Crippen LogP contribution in [0.2, 0.25) is 0 Å². The van der Waals surface area contributed by atoms with E-state index in [1.165, 1.54) is 25.7 Å². The molecule has 0 saturated carbocycles. The first-order valence-electron chi connectivity index (χ1n) is 7.90. The molecular formula is C16H34N2O. The zero-order valence-corrected chi connectivity index (χ0v) is 13.8. The maximum atomic E-state index is 12.1. The van der Waals surface area contributed by atoms with Gasteiger partial charge in [0.25, 0.3) is 0 Å². The van der Waals surface area contributed by atoms with Gasteiger partial charge in [-0.1, -0.05) is 39.5 Å². The summed E-state index contributed by atoms with van der Waals surface area (Å²) in [5, 5.41) is 6.48. The average molecular weight is 270 g/mol. The van der Waals surface area contributed by atoms with Crippen LogP contribution in [-0.4, -0.2) is 23.5 Å². The number of carbonyl (C=O) groups is 1. The van der Waals surface area contributed by atoms with Gasteiger partial charge < -0.3 is 10.6 Å². The summed E-state index contributed by atoms with van der Waals surface area (Å²) in [5.41, 5.74) is -0.114. The molecule has 0 aliphatic heterocycles. The van der Waals surface area contributed by atoms with E-state index in [9.17, 15) is 4.79 Å². The number of nitrogens with one attached hydrogen (secondary N) is 2. The van der Waals surface area contributed by atoms with Crippen molar-refractivity contribution < 1.29 is 4.79 Å². The number of carbonyl (C=O) groups excluding carboxylic acids is 1. The zero-order chi connectivity index (χ0) is 14.9. The third-order valence-electron chi connectivity index (χ3n) is 3.76. The Morgan fingerprint density at radius 3 is 2.26 bits per heavy atom. The lowest BCUT2D eigenvalue weighted by atomic mass is 10.0. The molecule has 0 radical (unpaired) electrons. The van der Waals surface area contributed by atoms with Crippen molar-refractivity contribution in [2.75, 3.05) is 0 Å². The predicted molar refractivity (Wildman–Crippen MR) is 83.3 cm³/mol. The van der Waals surface area contributed by atoms with Crippen molar-refractivity contribution in [1.29, 1.82) is 0 Å². The van der Waals surface area contributed by atoms with Crippen LogP contribution >= 0.6 is 0 Å². The lowest BCUT2D eigenvalue weighted by molar-refractivity contribution is -0.124. The molecule has 3 nitrogen and oxygen atoms in total. The van der Waals surface area contributed by atoms with Crippen LogP contribution in [0, 0.1) is 0 Å². The minimum Gasteiger partial charge on any atom is -0.350 e. The van der Waals surface area contributed by atoms with Crippen LogP contribution in [0.4, 0.5) is 0 Å². The molecule has 3 heteroatoms. The van der Waals surface area contributed by atoms with Crippen molar-refractivity contribution >= 4 is 5.91 Å². The van der Waals surface area contributed by atoms with Crippen LogP contribution in [0.1, 0.15) is 80.1 Å². The van der Waals surface area contributed by atoms with E-state index in [1.54, 1.807) is 0 Å². The highest BCUT2D eigenvalue weighted by atomic mass is 16.2. The normalized spacial score (nSPS) is 15.1. The van der Waals surface area contributed by atoms with Crippen molar-refractivity contribution in [3.8, 4) is 0 Å². The second-order valence-corrected chi connectivity index (χ2v) is 6.37. The van der Waals surface area contributed by atoms with Gasteiger partial charge in [0.2, 0.25) is 5.91 Å². The van der Waals surface area contributed by atoms with Crippen molar-refractivity contribution in [3.05, 3.63) is 0 Å². The molecular weight excluding hydrogens is 236 g/mol. The van der Waals surface area contributed by atoms with E-state index >= 15 is 0 Å². The summed E-state index contributed by atoms with van der Waals surface area (Å²) in [6.07, 6.45) is 7.22. The smallest absolute Gasteiger partial charge is 0.237 e. The summed E-state index contributed by atoms with van der Waals surface area (Å²) in [7, 11) is 0. The average Bonchev–Trinajstić information content (AvgIpc) is 2.34. The number of rotatable bonds is 10. The molecule has 114 valence electrons. The van der Waals surface area contributed by atoms with E-state index in [0.29, 0.717) is 6.04 Å². The van der Waals surface area contributed by atoms with Gasteiger partial charge in [0, 0.05) is 11.6 Å². The molecule has 2 atom stereocenters. The van der Waals surface area contributed by atoms with Crippen LogP contribution in [0.25, 0.3) is 0 Å². The molecule has 19 heavy (non-hydrogen) atoms. The first-order valence-corrected chi connectivity index (χ1v) is 7.90. The summed E-state index contributed by atoms with van der Waals surface area (Å²) < 4.78 is 0. The highest BCUT2D eigenvalue weighted by molar-refractivity contribution is 5.82. The van der Waals surface area contributed by atoms with Gasteiger partial charge in [0.1, 0.15) is 0 Å². The highest BCUT2D eigenvalue weighted by Crippen LogP contribution is 2.08. The van der Waals surface area contributed by atoms with Crippen molar-refractivity contribution in [2.45, 2.75) is 97.7 Å². The topological polar surface area (TPSA) is 41.1 Å². The summed E-state index contributed by atoms with van der Waals surface area (Å²) in [4.78, 5) is 12.1. The molecule has 0 aliphatic rings.